The third kappa shape index (κ3) is 3.89. The van der Waals surface area contributed by atoms with Crippen LogP contribution in [0.2, 0.25) is 10.0 Å². The molecule has 0 unspecified atom stereocenters. The Morgan fingerprint density at radius 1 is 1.24 bits per heavy atom. The van der Waals surface area contributed by atoms with Crippen molar-refractivity contribution in [1.29, 1.82) is 5.26 Å². The van der Waals surface area contributed by atoms with Crippen LogP contribution in [0.3, 0.4) is 0 Å². The number of nitrogens with zero attached hydrogens (tertiary/aromatic N) is 6. The van der Waals surface area contributed by atoms with Gasteiger partial charge in [0.1, 0.15) is 12.4 Å². The third-order valence-electron chi connectivity index (χ3n) is 3.52. The van der Waals surface area contributed by atoms with Gasteiger partial charge < -0.3 is 9.64 Å². The molecule has 0 fully saturated rings. The van der Waals surface area contributed by atoms with E-state index in [1.807, 2.05) is 4.98 Å². The molecule has 148 valence electrons. The number of benzene rings is 1. The molecule has 0 spiro atoms. The molecule has 13 heteroatoms. The van der Waals surface area contributed by atoms with E-state index in [1.54, 1.807) is 20.2 Å². The Labute approximate surface area is 171 Å². The zero-order chi connectivity index (χ0) is 21.3. The van der Waals surface area contributed by atoms with Crippen LogP contribution in [0.1, 0.15) is 5.69 Å². The molecule has 0 amide bonds. The number of hydrogen-bond donors (Lipinski definition) is 1. The number of rotatable bonds is 4. The van der Waals surface area contributed by atoms with Gasteiger partial charge in [-0.15, -0.1) is 5.10 Å². The summed E-state index contributed by atoms with van der Waals surface area (Å²) in [5.41, 5.74) is -2.33. The molecule has 1 aromatic carbocycles. The summed E-state index contributed by atoms with van der Waals surface area (Å²) in [6.07, 6.45) is 1.11. The molecule has 0 atom stereocenters. The van der Waals surface area contributed by atoms with Crippen LogP contribution in [0.4, 0.5) is 10.2 Å². The summed E-state index contributed by atoms with van der Waals surface area (Å²) in [5.74, 6) is -1.37. The molecule has 0 aliphatic carbocycles. The van der Waals surface area contributed by atoms with Crippen molar-refractivity contribution >= 4 is 29.0 Å². The fraction of sp³-hybridized carbons (Fsp3) is 0.125. The fourth-order valence-corrected chi connectivity index (χ4v) is 2.79. The highest BCUT2D eigenvalue weighted by Crippen LogP contribution is 2.38. The van der Waals surface area contributed by atoms with Crippen LogP contribution < -0.4 is 20.9 Å². The smallest absolute Gasteiger partial charge is 0.349 e. The molecule has 2 heterocycles. The summed E-state index contributed by atoms with van der Waals surface area (Å²) in [6.45, 7) is 0. The minimum Gasteiger partial charge on any atom is -0.433 e. The average molecular weight is 438 g/mol. The van der Waals surface area contributed by atoms with Crippen LogP contribution in [-0.2, 0) is 0 Å². The van der Waals surface area contributed by atoms with Crippen LogP contribution in [0.5, 0.6) is 11.6 Å². The van der Waals surface area contributed by atoms with Crippen molar-refractivity contribution < 1.29 is 9.13 Å². The second-order valence-corrected chi connectivity index (χ2v) is 6.50. The van der Waals surface area contributed by atoms with Crippen LogP contribution >= 0.6 is 23.2 Å². The first kappa shape index (κ1) is 20.2. The second kappa shape index (κ2) is 7.86. The van der Waals surface area contributed by atoms with E-state index in [0.717, 1.165) is 11.0 Å². The predicted molar refractivity (Wildman–Crippen MR) is 102 cm³/mol. The van der Waals surface area contributed by atoms with Crippen molar-refractivity contribution in [1.82, 2.24) is 24.7 Å². The van der Waals surface area contributed by atoms with Crippen LogP contribution in [0.25, 0.3) is 5.69 Å². The van der Waals surface area contributed by atoms with E-state index in [1.165, 1.54) is 17.0 Å². The SMILES string of the molecule is CN(C)c1ncnc(Oc2c(Cl)cc(-n3nc(C#N)c(=O)[nH]c3=O)cc2Cl)c1F. The van der Waals surface area contributed by atoms with Crippen molar-refractivity contribution in [3.8, 4) is 23.4 Å². The molecular weight excluding hydrogens is 428 g/mol. The summed E-state index contributed by atoms with van der Waals surface area (Å²) in [4.78, 5) is 34.4. The van der Waals surface area contributed by atoms with Gasteiger partial charge in [-0.3, -0.25) is 9.78 Å². The highest BCUT2D eigenvalue weighted by atomic mass is 35.5. The van der Waals surface area contributed by atoms with Crippen molar-refractivity contribution in [3.05, 3.63) is 60.9 Å². The Morgan fingerprint density at radius 2 is 1.90 bits per heavy atom. The van der Waals surface area contributed by atoms with Gasteiger partial charge in [0, 0.05) is 14.1 Å². The molecule has 0 aliphatic heterocycles. The van der Waals surface area contributed by atoms with E-state index >= 15 is 0 Å². The summed E-state index contributed by atoms with van der Waals surface area (Å²) < 4.78 is 20.6. The lowest BCUT2D eigenvalue weighted by molar-refractivity contribution is 0.420. The van der Waals surface area contributed by atoms with Gasteiger partial charge in [-0.1, -0.05) is 23.2 Å². The summed E-state index contributed by atoms with van der Waals surface area (Å²) >= 11 is 12.4. The normalized spacial score (nSPS) is 10.5. The quantitative estimate of drug-likeness (QED) is 0.654. The number of hydrogen-bond acceptors (Lipinski definition) is 8. The number of anilines is 1. The van der Waals surface area contributed by atoms with E-state index in [2.05, 4.69) is 15.1 Å². The largest absolute Gasteiger partial charge is 0.433 e. The Bertz CT molecular complexity index is 1240. The zero-order valence-electron chi connectivity index (χ0n) is 14.8. The highest BCUT2D eigenvalue weighted by molar-refractivity contribution is 6.37. The number of aromatic nitrogens is 5. The number of nitrogens with one attached hydrogen (secondary N) is 1. The van der Waals surface area contributed by atoms with Crippen molar-refractivity contribution in [2.24, 2.45) is 0 Å². The summed E-state index contributed by atoms with van der Waals surface area (Å²) in [6, 6.07) is 4.04. The van der Waals surface area contributed by atoms with Gasteiger partial charge in [0.05, 0.1) is 15.7 Å². The van der Waals surface area contributed by atoms with Gasteiger partial charge in [0.15, 0.2) is 11.6 Å². The monoisotopic (exact) mass is 437 g/mol. The topological polar surface area (TPSA) is 130 Å². The first-order chi connectivity index (χ1) is 13.7. The van der Waals surface area contributed by atoms with E-state index in [-0.39, 0.29) is 27.3 Å². The van der Waals surface area contributed by atoms with Gasteiger partial charge >= 0.3 is 5.69 Å². The second-order valence-electron chi connectivity index (χ2n) is 5.68. The first-order valence-electron chi connectivity index (χ1n) is 7.71. The molecule has 0 saturated carbocycles. The molecule has 3 rings (SSSR count). The van der Waals surface area contributed by atoms with Gasteiger partial charge in [-0.2, -0.15) is 19.3 Å². The molecule has 0 bridgehead atoms. The number of nitriles is 1. The van der Waals surface area contributed by atoms with E-state index in [9.17, 15) is 14.0 Å². The molecule has 0 aliphatic rings. The highest BCUT2D eigenvalue weighted by Gasteiger charge is 2.19. The fourth-order valence-electron chi connectivity index (χ4n) is 2.24. The number of ether oxygens (including phenoxy) is 1. The third-order valence-corrected chi connectivity index (χ3v) is 4.08. The van der Waals surface area contributed by atoms with E-state index in [0.29, 0.717) is 0 Å². The van der Waals surface area contributed by atoms with Gasteiger partial charge in [0.2, 0.25) is 11.5 Å². The summed E-state index contributed by atoms with van der Waals surface area (Å²) in [7, 11) is 3.18. The lowest BCUT2D eigenvalue weighted by Gasteiger charge is -2.15. The maximum Gasteiger partial charge on any atom is 0.349 e. The van der Waals surface area contributed by atoms with Crippen LogP contribution in [0.15, 0.2) is 28.0 Å². The predicted octanol–water partition coefficient (Wildman–Crippen LogP) is 1.89. The first-order valence-corrected chi connectivity index (χ1v) is 8.47. The lowest BCUT2D eigenvalue weighted by Crippen LogP contribution is -2.33. The Balaban J connectivity index is 2.07. The Morgan fingerprint density at radius 3 is 2.48 bits per heavy atom. The molecular formula is C16H10Cl2FN7O3. The molecule has 29 heavy (non-hydrogen) atoms. The molecule has 3 aromatic rings. The van der Waals surface area contributed by atoms with Gasteiger partial charge in [-0.05, 0) is 12.1 Å². The van der Waals surface area contributed by atoms with Crippen LogP contribution in [-0.4, -0.2) is 38.8 Å². The lowest BCUT2D eigenvalue weighted by atomic mass is 10.3. The minimum atomic E-state index is -0.929. The van der Waals surface area contributed by atoms with Gasteiger partial charge in [0.25, 0.3) is 11.4 Å². The standard InChI is InChI=1S/C16H10Cl2FN7O3/c1-25(2)13-11(19)15(22-6-21-13)29-12-8(17)3-7(4-9(12)18)26-16(28)23-14(27)10(5-20)24-26/h3-4,6H,1-2H3,(H,23,27,28). The van der Waals surface area contributed by atoms with Gasteiger partial charge in [-0.25, -0.2) is 9.78 Å². The maximum absolute atomic E-state index is 14.5. The minimum absolute atomic E-state index is 0.00751. The molecule has 0 saturated heterocycles. The number of halogens is 3. The van der Waals surface area contributed by atoms with Crippen molar-refractivity contribution in [3.63, 3.8) is 0 Å². The average Bonchev–Trinajstić information content (AvgIpc) is 2.65. The molecule has 0 radical (unpaired) electrons. The Kier molecular flexibility index (Phi) is 5.49. The van der Waals surface area contributed by atoms with Crippen LogP contribution in [0, 0.1) is 17.1 Å². The van der Waals surface area contributed by atoms with Crippen molar-refractivity contribution in [2.45, 2.75) is 0 Å². The molecule has 10 nitrogen and oxygen atoms in total. The maximum atomic E-state index is 14.5. The molecule has 1 N–H and O–H groups in total. The van der Waals surface area contributed by atoms with E-state index in [4.69, 9.17) is 33.2 Å². The van der Waals surface area contributed by atoms with Crippen molar-refractivity contribution in [2.75, 3.05) is 19.0 Å². The number of H-pyrrole nitrogens is 1. The molecule has 2 aromatic heterocycles. The van der Waals surface area contributed by atoms with E-state index < -0.39 is 28.6 Å². The summed E-state index contributed by atoms with van der Waals surface area (Å²) in [5, 5.41) is 12.4. The number of aromatic amines is 1. The zero-order valence-corrected chi connectivity index (χ0v) is 16.3. The Hall–Kier alpha value is -3.49.